The maximum atomic E-state index is 12.3. The summed E-state index contributed by atoms with van der Waals surface area (Å²) in [6.45, 7) is 2.53. The molecule has 0 aromatic heterocycles. The highest BCUT2D eigenvalue weighted by Crippen LogP contribution is 2.22. The van der Waals surface area contributed by atoms with Crippen LogP contribution in [0.3, 0.4) is 0 Å². The second-order valence-corrected chi connectivity index (χ2v) is 5.98. The number of anilines is 1. The second-order valence-electron chi connectivity index (χ2n) is 5.98. The van der Waals surface area contributed by atoms with Crippen LogP contribution >= 0.6 is 0 Å². The van der Waals surface area contributed by atoms with Gasteiger partial charge in [0.05, 0.1) is 18.4 Å². The molecule has 136 valence electrons. The van der Waals surface area contributed by atoms with Gasteiger partial charge in [0.15, 0.2) is 6.61 Å². The van der Waals surface area contributed by atoms with Gasteiger partial charge in [0.25, 0.3) is 5.91 Å². The lowest BCUT2D eigenvalue weighted by molar-refractivity contribution is -0.133. The molecule has 0 atom stereocenters. The Morgan fingerprint density at radius 2 is 1.58 bits per heavy atom. The molecule has 1 amide bonds. The molecule has 0 N–H and O–H groups in total. The van der Waals surface area contributed by atoms with Gasteiger partial charge in [-0.15, -0.1) is 0 Å². The van der Waals surface area contributed by atoms with E-state index in [4.69, 9.17) is 9.47 Å². The number of rotatable bonds is 5. The maximum Gasteiger partial charge on any atom is 0.339 e. The number of amides is 1. The Morgan fingerprint density at radius 1 is 0.923 bits per heavy atom. The number of carbonyl (C=O) groups excluding carboxylic acids is 2. The van der Waals surface area contributed by atoms with E-state index in [1.165, 1.54) is 7.11 Å². The van der Waals surface area contributed by atoms with E-state index in [1.54, 1.807) is 11.0 Å². The third-order valence-electron chi connectivity index (χ3n) is 4.39. The van der Waals surface area contributed by atoms with Crippen LogP contribution < -0.4 is 9.64 Å². The molecule has 3 rings (SSSR count). The fourth-order valence-corrected chi connectivity index (χ4v) is 2.98. The van der Waals surface area contributed by atoms with Crippen LogP contribution in [0.15, 0.2) is 54.6 Å². The standard InChI is InChI=1S/C20H22N2O4/c1-25-20(24)17-9-5-6-10-18(17)21-11-13-22(14-12-21)19(23)15-26-16-7-3-2-4-8-16/h2-10H,11-15H2,1H3. The zero-order valence-corrected chi connectivity index (χ0v) is 14.8. The number of para-hydroxylation sites is 2. The summed E-state index contributed by atoms with van der Waals surface area (Å²) >= 11 is 0. The van der Waals surface area contributed by atoms with E-state index in [9.17, 15) is 9.59 Å². The molecule has 1 aliphatic rings. The van der Waals surface area contributed by atoms with Crippen LogP contribution in [0.4, 0.5) is 5.69 Å². The van der Waals surface area contributed by atoms with Crippen molar-refractivity contribution in [3.63, 3.8) is 0 Å². The predicted octanol–water partition coefficient (Wildman–Crippen LogP) is 2.20. The van der Waals surface area contributed by atoms with Crippen molar-refractivity contribution < 1.29 is 19.1 Å². The fraction of sp³-hybridized carbons (Fsp3) is 0.300. The maximum absolute atomic E-state index is 12.3. The van der Waals surface area contributed by atoms with E-state index in [0.29, 0.717) is 37.5 Å². The molecule has 6 heteroatoms. The van der Waals surface area contributed by atoms with Gasteiger partial charge in [0, 0.05) is 26.2 Å². The number of esters is 1. The van der Waals surface area contributed by atoms with Crippen molar-refractivity contribution in [2.45, 2.75) is 0 Å². The Labute approximate surface area is 152 Å². The minimum Gasteiger partial charge on any atom is -0.484 e. The minimum absolute atomic E-state index is 0.0305. The van der Waals surface area contributed by atoms with Gasteiger partial charge >= 0.3 is 5.97 Å². The normalized spacial score (nSPS) is 14.0. The lowest BCUT2D eigenvalue weighted by Crippen LogP contribution is -2.50. The monoisotopic (exact) mass is 354 g/mol. The van der Waals surface area contributed by atoms with E-state index < -0.39 is 0 Å². The van der Waals surface area contributed by atoms with E-state index >= 15 is 0 Å². The molecule has 0 radical (unpaired) electrons. The van der Waals surface area contributed by atoms with Crippen molar-refractivity contribution in [2.24, 2.45) is 0 Å². The quantitative estimate of drug-likeness (QED) is 0.771. The Hall–Kier alpha value is -3.02. The molecular formula is C20H22N2O4. The highest BCUT2D eigenvalue weighted by Gasteiger charge is 2.24. The van der Waals surface area contributed by atoms with Crippen molar-refractivity contribution in [1.29, 1.82) is 0 Å². The first kappa shape index (κ1) is 17.8. The van der Waals surface area contributed by atoms with Crippen LogP contribution in [0.5, 0.6) is 5.75 Å². The SMILES string of the molecule is COC(=O)c1ccccc1N1CCN(C(=O)COc2ccccc2)CC1. The average molecular weight is 354 g/mol. The first-order valence-electron chi connectivity index (χ1n) is 8.57. The van der Waals surface area contributed by atoms with E-state index in [1.807, 2.05) is 48.5 Å². The Balaban J connectivity index is 1.56. The summed E-state index contributed by atoms with van der Waals surface area (Å²) in [5, 5.41) is 0. The van der Waals surface area contributed by atoms with Gasteiger partial charge < -0.3 is 19.3 Å². The van der Waals surface area contributed by atoms with Gasteiger partial charge in [-0.3, -0.25) is 4.79 Å². The third-order valence-corrected chi connectivity index (χ3v) is 4.39. The average Bonchev–Trinajstić information content (AvgIpc) is 2.72. The van der Waals surface area contributed by atoms with Crippen LogP contribution in [0.1, 0.15) is 10.4 Å². The number of piperazine rings is 1. The summed E-state index contributed by atoms with van der Waals surface area (Å²) < 4.78 is 10.4. The lowest BCUT2D eigenvalue weighted by Gasteiger charge is -2.36. The number of hydrogen-bond acceptors (Lipinski definition) is 5. The van der Waals surface area contributed by atoms with Crippen molar-refractivity contribution in [1.82, 2.24) is 4.90 Å². The molecule has 6 nitrogen and oxygen atoms in total. The molecule has 2 aromatic rings. The molecule has 0 aliphatic carbocycles. The van der Waals surface area contributed by atoms with E-state index in [2.05, 4.69) is 4.90 Å². The van der Waals surface area contributed by atoms with Crippen molar-refractivity contribution in [2.75, 3.05) is 44.8 Å². The molecule has 0 saturated carbocycles. The summed E-state index contributed by atoms with van der Waals surface area (Å²) in [5.74, 6) is 0.302. The van der Waals surface area contributed by atoms with Crippen LogP contribution in [0.2, 0.25) is 0 Å². The highest BCUT2D eigenvalue weighted by molar-refractivity contribution is 5.95. The smallest absolute Gasteiger partial charge is 0.339 e. The fourth-order valence-electron chi connectivity index (χ4n) is 2.98. The number of benzene rings is 2. The summed E-state index contributed by atoms with van der Waals surface area (Å²) in [4.78, 5) is 28.2. The highest BCUT2D eigenvalue weighted by atomic mass is 16.5. The zero-order chi connectivity index (χ0) is 18.4. The second kappa shape index (κ2) is 8.38. The van der Waals surface area contributed by atoms with Crippen LogP contribution in [-0.4, -0.2) is 56.7 Å². The molecular weight excluding hydrogens is 332 g/mol. The molecule has 1 aliphatic heterocycles. The molecule has 2 aromatic carbocycles. The van der Waals surface area contributed by atoms with Gasteiger partial charge in [-0.2, -0.15) is 0 Å². The van der Waals surface area contributed by atoms with Gasteiger partial charge in [0.2, 0.25) is 0 Å². The molecule has 26 heavy (non-hydrogen) atoms. The lowest BCUT2D eigenvalue weighted by atomic mass is 10.1. The van der Waals surface area contributed by atoms with Crippen molar-refractivity contribution in [3.05, 3.63) is 60.2 Å². The number of carbonyl (C=O) groups is 2. The molecule has 1 heterocycles. The Kier molecular flexibility index (Phi) is 5.73. The summed E-state index contributed by atoms with van der Waals surface area (Å²) in [6.07, 6.45) is 0. The molecule has 0 bridgehead atoms. The van der Waals surface area contributed by atoms with Gasteiger partial charge in [-0.25, -0.2) is 4.79 Å². The van der Waals surface area contributed by atoms with Crippen molar-refractivity contribution in [3.8, 4) is 5.75 Å². The zero-order valence-electron chi connectivity index (χ0n) is 14.8. The molecule has 1 saturated heterocycles. The van der Waals surface area contributed by atoms with Crippen molar-refractivity contribution >= 4 is 17.6 Å². The number of methoxy groups -OCH3 is 1. The number of hydrogen-bond donors (Lipinski definition) is 0. The Bertz CT molecular complexity index is 755. The molecule has 1 fully saturated rings. The first-order chi connectivity index (χ1) is 12.7. The van der Waals surface area contributed by atoms with Gasteiger partial charge in [0.1, 0.15) is 5.75 Å². The molecule has 0 spiro atoms. The van der Waals surface area contributed by atoms with Crippen LogP contribution in [0.25, 0.3) is 0 Å². The largest absolute Gasteiger partial charge is 0.484 e. The third kappa shape index (κ3) is 4.14. The summed E-state index contributed by atoms with van der Waals surface area (Å²) in [7, 11) is 1.38. The van der Waals surface area contributed by atoms with Gasteiger partial charge in [-0.05, 0) is 24.3 Å². The van der Waals surface area contributed by atoms with E-state index in [-0.39, 0.29) is 18.5 Å². The topological polar surface area (TPSA) is 59.1 Å². The first-order valence-corrected chi connectivity index (χ1v) is 8.57. The minimum atomic E-state index is -0.352. The van der Waals surface area contributed by atoms with E-state index in [0.717, 1.165) is 5.69 Å². The predicted molar refractivity (Wildman–Crippen MR) is 98.5 cm³/mol. The molecule has 0 unspecified atom stereocenters. The summed E-state index contributed by atoms with van der Waals surface area (Å²) in [5.41, 5.74) is 1.38. The van der Waals surface area contributed by atoms with Crippen LogP contribution in [0, 0.1) is 0 Å². The Morgan fingerprint density at radius 3 is 2.27 bits per heavy atom. The summed E-state index contributed by atoms with van der Waals surface area (Å²) in [6, 6.07) is 16.7. The number of nitrogens with zero attached hydrogens (tertiary/aromatic N) is 2. The van der Waals surface area contributed by atoms with Crippen LogP contribution in [-0.2, 0) is 9.53 Å². The number of ether oxygens (including phenoxy) is 2. The van der Waals surface area contributed by atoms with Gasteiger partial charge in [-0.1, -0.05) is 30.3 Å².